The molecule has 0 bridgehead atoms. The molecule has 6 nitrogen and oxygen atoms in total. The number of allylic oxidation sites excluding steroid dienone is 1. The van der Waals surface area contributed by atoms with Crippen molar-refractivity contribution in [2.24, 2.45) is 5.41 Å². The summed E-state index contributed by atoms with van der Waals surface area (Å²) in [5.41, 5.74) is 0.800. The van der Waals surface area contributed by atoms with Crippen LogP contribution in [-0.4, -0.2) is 35.3 Å². The van der Waals surface area contributed by atoms with Gasteiger partial charge in [0.25, 0.3) is 5.91 Å². The first kappa shape index (κ1) is 22.5. The largest absolute Gasteiger partial charge is 0.483 e. The Morgan fingerprint density at radius 1 is 1.19 bits per heavy atom. The van der Waals surface area contributed by atoms with Gasteiger partial charge in [0.1, 0.15) is 18.0 Å². The number of Topliss-reactive ketones (excluding diaryl/α,β-unsaturated/α-hetero) is 1. The van der Waals surface area contributed by atoms with E-state index in [-0.39, 0.29) is 41.0 Å². The van der Waals surface area contributed by atoms with E-state index in [0.717, 1.165) is 5.56 Å². The average molecular weight is 423 g/mol. The summed E-state index contributed by atoms with van der Waals surface area (Å²) in [6, 6.07) is 9.46. The SMILES string of the molecule is C=C(C)c1c(C(=O)N(C)C)n2c(c(OCc3ccccc3)c1=O)C(=O)C(C)(C)CCC2. The third-order valence-electron chi connectivity index (χ3n) is 5.70. The van der Waals surface area contributed by atoms with Gasteiger partial charge in [0.15, 0.2) is 11.5 Å². The van der Waals surface area contributed by atoms with Crippen molar-refractivity contribution in [3.8, 4) is 5.75 Å². The highest BCUT2D eigenvalue weighted by molar-refractivity contribution is 6.04. The van der Waals surface area contributed by atoms with Gasteiger partial charge < -0.3 is 14.2 Å². The number of carbonyl (C=O) groups excluding carboxylic acids is 2. The van der Waals surface area contributed by atoms with Crippen molar-refractivity contribution in [1.29, 1.82) is 0 Å². The Hall–Kier alpha value is -3.15. The number of aromatic nitrogens is 1. The molecule has 0 radical (unpaired) electrons. The van der Waals surface area contributed by atoms with Crippen LogP contribution < -0.4 is 10.2 Å². The van der Waals surface area contributed by atoms with E-state index in [4.69, 9.17) is 4.74 Å². The molecular weight excluding hydrogens is 392 g/mol. The maximum atomic E-state index is 13.6. The van der Waals surface area contributed by atoms with Crippen LogP contribution in [0.25, 0.3) is 5.57 Å². The van der Waals surface area contributed by atoms with Crippen LogP contribution >= 0.6 is 0 Å². The molecule has 0 saturated carbocycles. The van der Waals surface area contributed by atoms with E-state index in [0.29, 0.717) is 25.0 Å². The fraction of sp³-hybridized carbons (Fsp3) is 0.400. The van der Waals surface area contributed by atoms with Crippen LogP contribution in [0, 0.1) is 5.41 Å². The summed E-state index contributed by atoms with van der Waals surface area (Å²) < 4.78 is 7.69. The standard InChI is InChI=1S/C25H30N2O4/c1-16(2)18-19(24(30)26(5)6)27-14-10-13-25(3,4)23(29)20(27)22(21(18)28)31-15-17-11-8-7-9-12-17/h7-9,11-12H,1,10,13-15H2,2-6H3. The maximum absolute atomic E-state index is 13.6. The fourth-order valence-electron chi connectivity index (χ4n) is 3.95. The van der Waals surface area contributed by atoms with Crippen LogP contribution in [0.15, 0.2) is 41.7 Å². The molecule has 164 valence electrons. The van der Waals surface area contributed by atoms with Crippen LogP contribution in [0.1, 0.15) is 65.7 Å². The quantitative estimate of drug-likeness (QED) is 0.725. The van der Waals surface area contributed by atoms with E-state index in [1.807, 2.05) is 44.2 Å². The van der Waals surface area contributed by atoms with Crippen molar-refractivity contribution < 1.29 is 14.3 Å². The number of hydrogen-bond donors (Lipinski definition) is 0. The highest BCUT2D eigenvalue weighted by atomic mass is 16.5. The summed E-state index contributed by atoms with van der Waals surface area (Å²) in [4.78, 5) is 41.7. The molecule has 0 aliphatic carbocycles. The van der Waals surface area contributed by atoms with Crippen LogP contribution in [-0.2, 0) is 13.2 Å². The lowest BCUT2D eigenvalue weighted by molar-refractivity contribution is 0.0810. The Kier molecular flexibility index (Phi) is 6.20. The number of ketones is 1. The molecule has 31 heavy (non-hydrogen) atoms. The Labute approximate surface area is 183 Å². The zero-order valence-corrected chi connectivity index (χ0v) is 18.9. The number of pyridine rings is 1. The predicted molar refractivity (Wildman–Crippen MR) is 122 cm³/mol. The van der Waals surface area contributed by atoms with Crippen molar-refractivity contribution in [1.82, 2.24) is 9.47 Å². The van der Waals surface area contributed by atoms with Crippen molar-refractivity contribution in [2.75, 3.05) is 14.1 Å². The second-order valence-corrected chi connectivity index (χ2v) is 8.95. The summed E-state index contributed by atoms with van der Waals surface area (Å²) in [5, 5.41) is 0. The number of benzene rings is 1. The molecule has 1 amide bonds. The summed E-state index contributed by atoms with van der Waals surface area (Å²) in [6.07, 6.45) is 1.36. The van der Waals surface area contributed by atoms with E-state index in [1.54, 1.807) is 25.6 Å². The van der Waals surface area contributed by atoms with Gasteiger partial charge in [-0.3, -0.25) is 14.4 Å². The first-order valence-electron chi connectivity index (χ1n) is 10.5. The highest BCUT2D eigenvalue weighted by Crippen LogP contribution is 2.36. The molecule has 6 heteroatoms. The van der Waals surface area contributed by atoms with Gasteiger partial charge in [0, 0.05) is 26.1 Å². The predicted octanol–water partition coefficient (Wildman–Crippen LogP) is 4.16. The van der Waals surface area contributed by atoms with Crippen molar-refractivity contribution in [3.05, 3.63) is 69.6 Å². The maximum Gasteiger partial charge on any atom is 0.270 e. The summed E-state index contributed by atoms with van der Waals surface area (Å²) >= 11 is 0. The van der Waals surface area contributed by atoms with Gasteiger partial charge >= 0.3 is 0 Å². The van der Waals surface area contributed by atoms with E-state index in [1.165, 1.54) is 4.90 Å². The van der Waals surface area contributed by atoms with Gasteiger partial charge in [-0.2, -0.15) is 0 Å². The monoisotopic (exact) mass is 422 g/mol. The molecule has 0 saturated heterocycles. The minimum Gasteiger partial charge on any atom is -0.483 e. The molecule has 0 unspecified atom stereocenters. The van der Waals surface area contributed by atoms with Gasteiger partial charge in [-0.1, -0.05) is 50.8 Å². The number of amides is 1. The molecule has 1 aromatic heterocycles. The van der Waals surface area contributed by atoms with Crippen molar-refractivity contribution >= 4 is 17.3 Å². The molecule has 0 atom stereocenters. The molecule has 1 aromatic carbocycles. The molecule has 0 fully saturated rings. The number of ether oxygens (including phenoxy) is 1. The minimum absolute atomic E-state index is 0.00265. The van der Waals surface area contributed by atoms with Gasteiger partial charge in [-0.15, -0.1) is 0 Å². The molecule has 2 aromatic rings. The second kappa shape index (κ2) is 8.53. The molecule has 0 spiro atoms. The Bertz CT molecular complexity index is 1090. The molecule has 2 heterocycles. The smallest absolute Gasteiger partial charge is 0.270 e. The highest BCUT2D eigenvalue weighted by Gasteiger charge is 2.39. The lowest BCUT2D eigenvalue weighted by Crippen LogP contribution is -2.35. The molecular formula is C25H30N2O4. The van der Waals surface area contributed by atoms with Gasteiger partial charge in [-0.05, 0) is 30.9 Å². The minimum atomic E-state index is -0.668. The lowest BCUT2D eigenvalue weighted by atomic mass is 9.82. The number of fused-ring (bicyclic) bond motifs is 1. The number of carbonyl (C=O) groups is 2. The van der Waals surface area contributed by atoms with Crippen LogP contribution in [0.4, 0.5) is 0 Å². The number of hydrogen-bond acceptors (Lipinski definition) is 4. The third kappa shape index (κ3) is 4.20. The fourth-order valence-corrected chi connectivity index (χ4v) is 3.95. The molecule has 1 aliphatic heterocycles. The first-order chi connectivity index (χ1) is 14.6. The molecule has 3 rings (SSSR count). The normalized spacial score (nSPS) is 15.1. The summed E-state index contributed by atoms with van der Waals surface area (Å²) in [5.74, 6) is -0.526. The number of nitrogens with zero attached hydrogens (tertiary/aromatic N) is 2. The Morgan fingerprint density at radius 2 is 1.84 bits per heavy atom. The lowest BCUT2D eigenvalue weighted by Gasteiger charge is -2.25. The van der Waals surface area contributed by atoms with Crippen LogP contribution in [0.2, 0.25) is 0 Å². The van der Waals surface area contributed by atoms with Gasteiger partial charge in [0.05, 0.1) is 5.56 Å². The van der Waals surface area contributed by atoms with Gasteiger partial charge in [0.2, 0.25) is 5.43 Å². The van der Waals surface area contributed by atoms with Crippen molar-refractivity contribution in [3.63, 3.8) is 0 Å². The van der Waals surface area contributed by atoms with E-state index in [2.05, 4.69) is 6.58 Å². The zero-order chi connectivity index (χ0) is 22.9. The van der Waals surface area contributed by atoms with Crippen molar-refractivity contribution in [2.45, 2.75) is 46.8 Å². The average Bonchev–Trinajstić information content (AvgIpc) is 2.83. The molecule has 0 N–H and O–H groups in total. The molecule has 1 aliphatic rings. The summed E-state index contributed by atoms with van der Waals surface area (Å²) in [6.45, 7) is 9.97. The zero-order valence-electron chi connectivity index (χ0n) is 18.9. The second-order valence-electron chi connectivity index (χ2n) is 8.95. The van der Waals surface area contributed by atoms with Gasteiger partial charge in [-0.25, -0.2) is 0 Å². The van der Waals surface area contributed by atoms with E-state index in [9.17, 15) is 14.4 Å². The Balaban J connectivity index is 2.33. The number of rotatable bonds is 5. The van der Waals surface area contributed by atoms with Crippen LogP contribution in [0.5, 0.6) is 5.75 Å². The third-order valence-corrected chi connectivity index (χ3v) is 5.70. The van der Waals surface area contributed by atoms with E-state index < -0.39 is 10.8 Å². The Morgan fingerprint density at radius 3 is 2.42 bits per heavy atom. The summed E-state index contributed by atoms with van der Waals surface area (Å²) in [7, 11) is 3.26. The topological polar surface area (TPSA) is 68.6 Å². The first-order valence-corrected chi connectivity index (χ1v) is 10.5. The van der Waals surface area contributed by atoms with Crippen LogP contribution in [0.3, 0.4) is 0 Å². The van der Waals surface area contributed by atoms with E-state index >= 15 is 0 Å².